The maximum absolute atomic E-state index is 13.6. The summed E-state index contributed by atoms with van der Waals surface area (Å²) in [6, 6.07) is 14.7. The second-order valence-electron chi connectivity index (χ2n) is 8.35. The molecule has 32 heavy (non-hydrogen) atoms. The van der Waals surface area contributed by atoms with Gasteiger partial charge in [0.15, 0.2) is 6.61 Å². The Balaban J connectivity index is 1.34. The quantitative estimate of drug-likeness (QED) is 0.719. The number of ether oxygens (including phenoxy) is 2. The lowest BCUT2D eigenvalue weighted by Crippen LogP contribution is -2.53. The van der Waals surface area contributed by atoms with Crippen molar-refractivity contribution in [3.8, 4) is 11.5 Å². The number of rotatable bonds is 5. The van der Waals surface area contributed by atoms with Gasteiger partial charge in [0.2, 0.25) is 0 Å². The van der Waals surface area contributed by atoms with Crippen molar-refractivity contribution in [3.63, 3.8) is 0 Å². The first-order chi connectivity index (χ1) is 15.5. The Morgan fingerprint density at radius 2 is 1.75 bits per heavy atom. The second-order valence-corrected chi connectivity index (χ2v) is 8.35. The second kappa shape index (κ2) is 7.85. The summed E-state index contributed by atoms with van der Waals surface area (Å²) in [6.07, 6.45) is 2.22. The molecule has 2 aromatic carbocycles. The number of para-hydroxylation sites is 2. The van der Waals surface area contributed by atoms with Crippen molar-refractivity contribution in [2.75, 3.05) is 38.3 Å². The summed E-state index contributed by atoms with van der Waals surface area (Å²) >= 11 is 0. The average molecular weight is 435 g/mol. The Hall–Kier alpha value is -3.55. The molecule has 2 aromatic rings. The minimum absolute atomic E-state index is 0.0535. The van der Waals surface area contributed by atoms with Gasteiger partial charge in [0.05, 0.1) is 18.2 Å². The third-order valence-electron chi connectivity index (χ3n) is 6.46. The van der Waals surface area contributed by atoms with Gasteiger partial charge in [-0.15, -0.1) is 0 Å². The minimum atomic E-state index is -0.587. The molecule has 3 aliphatic rings. The highest BCUT2D eigenvalue weighted by atomic mass is 16.5. The standard InChI is InChI=1S/C24H25N3O5/c1-31-18-9-7-17(8-10-18)24(11-12-24)23(30)27-14-4-13-26(27)21(28)15-25-19-5-2-3-6-20(19)32-16-22(25)29/h2-3,5-10H,4,11-16H2,1H3. The molecule has 2 heterocycles. The van der Waals surface area contributed by atoms with Gasteiger partial charge in [-0.2, -0.15) is 0 Å². The third kappa shape index (κ3) is 3.36. The van der Waals surface area contributed by atoms with Gasteiger partial charge in [0.25, 0.3) is 17.7 Å². The molecule has 0 spiro atoms. The van der Waals surface area contributed by atoms with Crippen molar-refractivity contribution in [3.05, 3.63) is 54.1 Å². The van der Waals surface area contributed by atoms with Crippen molar-refractivity contribution < 1.29 is 23.9 Å². The molecular weight excluding hydrogens is 410 g/mol. The molecule has 3 amide bonds. The van der Waals surface area contributed by atoms with E-state index < -0.39 is 5.41 Å². The van der Waals surface area contributed by atoms with Gasteiger partial charge in [0, 0.05) is 13.1 Å². The molecule has 1 aliphatic carbocycles. The van der Waals surface area contributed by atoms with Gasteiger partial charge in [-0.1, -0.05) is 24.3 Å². The first-order valence-electron chi connectivity index (χ1n) is 10.8. The first-order valence-corrected chi connectivity index (χ1v) is 10.8. The van der Waals surface area contributed by atoms with Crippen molar-refractivity contribution in [2.24, 2.45) is 0 Å². The smallest absolute Gasteiger partial charge is 0.265 e. The van der Waals surface area contributed by atoms with E-state index in [0.29, 0.717) is 30.9 Å². The van der Waals surface area contributed by atoms with Crippen molar-refractivity contribution >= 4 is 23.4 Å². The van der Waals surface area contributed by atoms with Crippen LogP contribution in [0.5, 0.6) is 11.5 Å². The lowest BCUT2D eigenvalue weighted by molar-refractivity contribution is -0.159. The zero-order chi connectivity index (χ0) is 22.3. The van der Waals surface area contributed by atoms with E-state index in [1.165, 1.54) is 9.91 Å². The fourth-order valence-corrected chi connectivity index (χ4v) is 4.53. The summed E-state index contributed by atoms with van der Waals surface area (Å²) in [5.41, 5.74) is 0.933. The number of anilines is 1. The molecule has 5 rings (SSSR count). The van der Waals surface area contributed by atoms with Gasteiger partial charge < -0.3 is 9.47 Å². The summed E-state index contributed by atoms with van der Waals surface area (Å²) in [4.78, 5) is 40.7. The van der Waals surface area contributed by atoms with Crippen LogP contribution in [0.15, 0.2) is 48.5 Å². The average Bonchev–Trinajstić information content (AvgIpc) is 3.49. The number of hydrogen-bond acceptors (Lipinski definition) is 5. The number of carbonyl (C=O) groups is 3. The number of hydrazine groups is 1. The number of amides is 3. The third-order valence-corrected chi connectivity index (χ3v) is 6.46. The number of fused-ring (bicyclic) bond motifs is 1. The van der Waals surface area contributed by atoms with Crippen molar-refractivity contribution in [1.29, 1.82) is 0 Å². The SMILES string of the molecule is COc1ccc(C2(C(=O)N3CCCN3C(=O)CN3C(=O)COc4ccccc43)CC2)cc1. The number of benzene rings is 2. The normalized spacial score (nSPS) is 18.8. The van der Waals surface area contributed by atoms with E-state index in [-0.39, 0.29) is 30.9 Å². The lowest BCUT2D eigenvalue weighted by atomic mass is 9.94. The van der Waals surface area contributed by atoms with Crippen LogP contribution in [0.1, 0.15) is 24.8 Å². The number of carbonyl (C=O) groups excluding carboxylic acids is 3. The van der Waals surface area contributed by atoms with Crippen LogP contribution in [-0.2, 0) is 19.8 Å². The zero-order valence-electron chi connectivity index (χ0n) is 18.0. The van der Waals surface area contributed by atoms with Crippen molar-refractivity contribution in [2.45, 2.75) is 24.7 Å². The van der Waals surface area contributed by atoms with E-state index >= 15 is 0 Å². The maximum Gasteiger partial charge on any atom is 0.265 e. The van der Waals surface area contributed by atoms with Gasteiger partial charge in [0.1, 0.15) is 18.0 Å². The highest BCUT2D eigenvalue weighted by Crippen LogP contribution is 2.50. The fourth-order valence-electron chi connectivity index (χ4n) is 4.53. The monoisotopic (exact) mass is 435 g/mol. The van der Waals surface area contributed by atoms with Crippen LogP contribution < -0.4 is 14.4 Å². The molecule has 0 radical (unpaired) electrons. The number of methoxy groups -OCH3 is 1. The summed E-state index contributed by atoms with van der Waals surface area (Å²) in [6.45, 7) is 0.728. The van der Waals surface area contributed by atoms with Gasteiger partial charge in [-0.05, 0) is 49.1 Å². The molecule has 2 fully saturated rings. The van der Waals surface area contributed by atoms with Gasteiger partial charge in [-0.3, -0.25) is 24.3 Å². The Morgan fingerprint density at radius 3 is 2.47 bits per heavy atom. The molecule has 8 heteroatoms. The van der Waals surface area contributed by atoms with E-state index in [9.17, 15) is 14.4 Å². The molecule has 1 saturated carbocycles. The molecule has 0 unspecified atom stereocenters. The number of nitrogens with zero attached hydrogens (tertiary/aromatic N) is 3. The summed E-state index contributed by atoms with van der Waals surface area (Å²) in [7, 11) is 1.61. The highest BCUT2D eigenvalue weighted by molar-refractivity contribution is 6.02. The fraction of sp³-hybridized carbons (Fsp3) is 0.375. The Morgan fingerprint density at radius 1 is 1.03 bits per heavy atom. The van der Waals surface area contributed by atoms with Gasteiger partial charge in [-0.25, -0.2) is 5.01 Å². The van der Waals surface area contributed by atoms with E-state index in [1.54, 1.807) is 30.3 Å². The predicted molar refractivity (Wildman–Crippen MR) is 116 cm³/mol. The summed E-state index contributed by atoms with van der Waals surface area (Å²) in [5.74, 6) is 0.718. The molecule has 0 aromatic heterocycles. The predicted octanol–water partition coefficient (Wildman–Crippen LogP) is 2.13. The first kappa shape index (κ1) is 20.4. The molecule has 0 atom stereocenters. The Kier molecular flexibility index (Phi) is 5.00. The van der Waals surface area contributed by atoms with Crippen LogP contribution in [-0.4, -0.2) is 61.1 Å². The molecule has 0 N–H and O–H groups in total. The molecular formula is C24H25N3O5. The molecule has 8 nitrogen and oxygen atoms in total. The van der Waals surface area contributed by atoms with Crippen LogP contribution in [0.25, 0.3) is 0 Å². The molecule has 0 bridgehead atoms. The van der Waals surface area contributed by atoms with E-state index in [2.05, 4.69) is 0 Å². The maximum atomic E-state index is 13.6. The number of hydrogen-bond donors (Lipinski definition) is 0. The van der Waals surface area contributed by atoms with E-state index in [0.717, 1.165) is 24.2 Å². The molecule has 1 saturated heterocycles. The van der Waals surface area contributed by atoms with Crippen LogP contribution >= 0.6 is 0 Å². The van der Waals surface area contributed by atoms with Crippen molar-refractivity contribution in [1.82, 2.24) is 10.0 Å². The van der Waals surface area contributed by atoms with Crippen LogP contribution in [0.4, 0.5) is 5.69 Å². The zero-order valence-corrected chi connectivity index (χ0v) is 18.0. The highest BCUT2D eigenvalue weighted by Gasteiger charge is 2.55. The Labute approximate surface area is 186 Å². The lowest BCUT2D eigenvalue weighted by Gasteiger charge is -2.34. The van der Waals surface area contributed by atoms with Crippen LogP contribution in [0, 0.1) is 0 Å². The molecule has 2 aliphatic heterocycles. The van der Waals surface area contributed by atoms with Crippen LogP contribution in [0.3, 0.4) is 0 Å². The summed E-state index contributed by atoms with van der Waals surface area (Å²) in [5, 5.41) is 3.09. The van der Waals surface area contributed by atoms with E-state index in [1.807, 2.05) is 30.3 Å². The largest absolute Gasteiger partial charge is 0.497 e. The van der Waals surface area contributed by atoms with E-state index in [4.69, 9.17) is 9.47 Å². The topological polar surface area (TPSA) is 79.4 Å². The van der Waals surface area contributed by atoms with Crippen LogP contribution in [0.2, 0.25) is 0 Å². The van der Waals surface area contributed by atoms with Gasteiger partial charge >= 0.3 is 0 Å². The Bertz CT molecular complexity index is 1060. The summed E-state index contributed by atoms with van der Waals surface area (Å²) < 4.78 is 10.7. The minimum Gasteiger partial charge on any atom is -0.497 e. The molecule has 166 valence electrons.